The number of pyridine rings is 1. The highest BCUT2D eigenvalue weighted by Gasteiger charge is 2.34. The van der Waals surface area contributed by atoms with Crippen molar-refractivity contribution in [3.8, 4) is 5.75 Å². The van der Waals surface area contributed by atoms with Crippen molar-refractivity contribution in [1.82, 2.24) is 30.1 Å². The molecule has 4 heterocycles. The maximum absolute atomic E-state index is 13.5. The molecule has 2 saturated heterocycles. The first-order chi connectivity index (χ1) is 18.6. The maximum Gasteiger partial charge on any atom is 0.253 e. The van der Waals surface area contributed by atoms with Gasteiger partial charge in [-0.05, 0) is 65.4 Å². The summed E-state index contributed by atoms with van der Waals surface area (Å²) >= 11 is 0. The fourth-order valence-electron chi connectivity index (χ4n) is 5.66. The van der Waals surface area contributed by atoms with E-state index in [2.05, 4.69) is 48.5 Å². The molecule has 2 aliphatic rings. The molecule has 2 aromatic carbocycles. The number of anilines is 1. The number of rotatable bonds is 7. The number of tetrazole rings is 1. The molecule has 0 unspecified atom stereocenters. The van der Waals surface area contributed by atoms with Crippen molar-refractivity contribution >= 4 is 16.6 Å². The number of aromatic nitrogens is 5. The third-order valence-corrected chi connectivity index (χ3v) is 7.63. The summed E-state index contributed by atoms with van der Waals surface area (Å²) in [5, 5.41) is 13.8. The van der Waals surface area contributed by atoms with Crippen LogP contribution in [0.5, 0.6) is 5.75 Å². The number of hydrogen-bond donors (Lipinski definition) is 1. The minimum absolute atomic E-state index is 0.0816. The van der Waals surface area contributed by atoms with Crippen LogP contribution in [0.25, 0.3) is 10.9 Å². The Hall–Kier alpha value is -3.76. The minimum Gasteiger partial charge on any atom is -0.495 e. The zero-order valence-corrected chi connectivity index (χ0v) is 21.8. The highest BCUT2D eigenvalue weighted by Crippen LogP contribution is 2.32. The smallest absolute Gasteiger partial charge is 0.253 e. The van der Waals surface area contributed by atoms with Crippen LogP contribution in [0.4, 0.5) is 5.69 Å². The fraction of sp³-hybridized carbons (Fsp3) is 0.429. The molecule has 0 radical (unpaired) electrons. The average molecular weight is 516 g/mol. The molecule has 10 nitrogen and oxygen atoms in total. The van der Waals surface area contributed by atoms with Gasteiger partial charge in [0.15, 0.2) is 5.82 Å². The van der Waals surface area contributed by atoms with Crippen LogP contribution >= 0.6 is 0 Å². The number of piperazine rings is 1. The fourth-order valence-corrected chi connectivity index (χ4v) is 5.66. The number of ether oxygens (including phenoxy) is 2. The molecule has 10 heteroatoms. The molecule has 4 aromatic rings. The van der Waals surface area contributed by atoms with Gasteiger partial charge < -0.3 is 19.4 Å². The molecule has 6 rings (SSSR count). The summed E-state index contributed by atoms with van der Waals surface area (Å²) in [5.41, 5.74) is 3.54. The molecular formula is C28H33N7O3. The number of nitrogens with zero attached hydrogens (tertiary/aromatic N) is 6. The van der Waals surface area contributed by atoms with Gasteiger partial charge in [-0.1, -0.05) is 24.3 Å². The first kappa shape index (κ1) is 24.6. The van der Waals surface area contributed by atoms with Gasteiger partial charge in [-0.15, -0.1) is 5.10 Å². The highest BCUT2D eigenvalue weighted by molar-refractivity contribution is 5.79. The van der Waals surface area contributed by atoms with Gasteiger partial charge in [-0.3, -0.25) is 9.69 Å². The molecule has 2 atom stereocenters. The molecule has 2 aromatic heterocycles. The molecule has 1 N–H and O–H groups in total. The van der Waals surface area contributed by atoms with E-state index in [1.54, 1.807) is 7.11 Å². The van der Waals surface area contributed by atoms with E-state index < -0.39 is 0 Å². The molecule has 0 bridgehead atoms. The van der Waals surface area contributed by atoms with Gasteiger partial charge in [0.2, 0.25) is 0 Å². The van der Waals surface area contributed by atoms with Gasteiger partial charge >= 0.3 is 0 Å². The molecule has 198 valence electrons. The lowest BCUT2D eigenvalue weighted by molar-refractivity contribution is 0.0906. The molecule has 0 saturated carbocycles. The lowest BCUT2D eigenvalue weighted by atomic mass is 10.0. The second-order valence-corrected chi connectivity index (χ2v) is 10.1. The van der Waals surface area contributed by atoms with Crippen LogP contribution in [0.1, 0.15) is 35.8 Å². The number of para-hydroxylation sites is 2. The van der Waals surface area contributed by atoms with E-state index in [9.17, 15) is 4.79 Å². The third-order valence-electron chi connectivity index (χ3n) is 7.63. The van der Waals surface area contributed by atoms with Crippen LogP contribution in [-0.2, 0) is 11.3 Å². The minimum atomic E-state index is -0.388. The SMILES string of the molecule is COc1ccccc1N1CCN([C@H](c2cc3ccc(C)cc3[nH]c2=O)c2nnnn2C[C@@H]2CCCO2)CC1. The van der Waals surface area contributed by atoms with Gasteiger partial charge in [0.1, 0.15) is 11.8 Å². The van der Waals surface area contributed by atoms with Crippen molar-refractivity contribution in [3.05, 3.63) is 75.8 Å². The molecule has 0 aliphatic carbocycles. The Morgan fingerprint density at radius 2 is 1.97 bits per heavy atom. The van der Waals surface area contributed by atoms with Gasteiger partial charge in [-0.25, -0.2) is 4.68 Å². The number of benzene rings is 2. The zero-order chi connectivity index (χ0) is 26.1. The standard InChI is InChI=1S/C28H33N7O3/c1-19-9-10-20-17-22(28(36)29-23(20)16-19)26(27-30-31-32-35(27)18-21-6-5-15-38-21)34-13-11-33(12-14-34)24-7-3-4-8-25(24)37-2/h3-4,7-10,16-17,21,26H,5-6,11-15,18H2,1-2H3,(H,29,36)/t21-,26+/m0/s1. The second kappa shape index (κ2) is 10.5. The van der Waals surface area contributed by atoms with Crippen LogP contribution in [0, 0.1) is 6.92 Å². The van der Waals surface area contributed by atoms with Crippen LogP contribution in [0.15, 0.2) is 53.3 Å². The van der Waals surface area contributed by atoms with Crippen LogP contribution in [0.3, 0.4) is 0 Å². The van der Waals surface area contributed by atoms with E-state index in [0.29, 0.717) is 17.9 Å². The first-order valence-electron chi connectivity index (χ1n) is 13.2. The molecule has 2 fully saturated rings. The number of aryl methyl sites for hydroxylation is 1. The number of methoxy groups -OCH3 is 1. The van der Waals surface area contributed by atoms with Crippen LogP contribution < -0.4 is 15.2 Å². The Morgan fingerprint density at radius 3 is 2.76 bits per heavy atom. The van der Waals surface area contributed by atoms with E-state index in [1.165, 1.54) is 0 Å². The normalized spacial score (nSPS) is 19.2. The molecule has 0 amide bonds. The predicted octanol–water partition coefficient (Wildman–Crippen LogP) is 2.92. The monoisotopic (exact) mass is 515 g/mol. The summed E-state index contributed by atoms with van der Waals surface area (Å²) in [4.78, 5) is 21.3. The van der Waals surface area contributed by atoms with Crippen LogP contribution in [0.2, 0.25) is 0 Å². The molecule has 38 heavy (non-hydrogen) atoms. The van der Waals surface area contributed by atoms with Gasteiger partial charge in [0, 0.05) is 43.9 Å². The Morgan fingerprint density at radius 1 is 1.13 bits per heavy atom. The van der Waals surface area contributed by atoms with Crippen molar-refractivity contribution in [2.45, 2.75) is 38.5 Å². The Balaban J connectivity index is 1.36. The van der Waals surface area contributed by atoms with Crippen molar-refractivity contribution in [3.63, 3.8) is 0 Å². The number of fused-ring (bicyclic) bond motifs is 1. The van der Waals surface area contributed by atoms with Crippen molar-refractivity contribution in [2.24, 2.45) is 0 Å². The largest absolute Gasteiger partial charge is 0.495 e. The lowest BCUT2D eigenvalue weighted by Gasteiger charge is -2.40. The summed E-state index contributed by atoms with van der Waals surface area (Å²) < 4.78 is 13.3. The summed E-state index contributed by atoms with van der Waals surface area (Å²) in [6.07, 6.45) is 2.11. The summed E-state index contributed by atoms with van der Waals surface area (Å²) in [6.45, 7) is 6.41. The Bertz CT molecular complexity index is 1470. The second-order valence-electron chi connectivity index (χ2n) is 10.1. The Labute approximate surface area is 221 Å². The number of hydrogen-bond acceptors (Lipinski definition) is 8. The summed E-state index contributed by atoms with van der Waals surface area (Å²) in [5.74, 6) is 1.53. The first-order valence-corrected chi connectivity index (χ1v) is 13.2. The van der Waals surface area contributed by atoms with E-state index in [1.807, 2.05) is 41.9 Å². The van der Waals surface area contributed by atoms with Gasteiger partial charge in [0.25, 0.3) is 5.56 Å². The molecule has 0 spiro atoms. The number of H-pyrrole nitrogens is 1. The van der Waals surface area contributed by atoms with E-state index >= 15 is 0 Å². The predicted molar refractivity (Wildman–Crippen MR) is 145 cm³/mol. The summed E-state index contributed by atoms with van der Waals surface area (Å²) in [7, 11) is 1.70. The topological polar surface area (TPSA) is 101 Å². The van der Waals surface area contributed by atoms with Gasteiger partial charge in [-0.2, -0.15) is 0 Å². The molecular weight excluding hydrogens is 482 g/mol. The van der Waals surface area contributed by atoms with E-state index in [0.717, 1.165) is 73.5 Å². The average Bonchev–Trinajstić information content (AvgIpc) is 3.62. The van der Waals surface area contributed by atoms with Crippen LogP contribution in [-0.4, -0.2) is 76.1 Å². The maximum atomic E-state index is 13.5. The Kier molecular flexibility index (Phi) is 6.82. The molecule has 2 aliphatic heterocycles. The summed E-state index contributed by atoms with van der Waals surface area (Å²) in [6, 6.07) is 15.8. The highest BCUT2D eigenvalue weighted by atomic mass is 16.5. The van der Waals surface area contributed by atoms with Crippen molar-refractivity contribution in [2.75, 3.05) is 44.8 Å². The quantitative estimate of drug-likeness (QED) is 0.401. The van der Waals surface area contributed by atoms with Gasteiger partial charge in [0.05, 0.1) is 25.4 Å². The van der Waals surface area contributed by atoms with E-state index in [-0.39, 0.29) is 17.7 Å². The van der Waals surface area contributed by atoms with E-state index in [4.69, 9.17) is 9.47 Å². The number of aromatic amines is 1. The third kappa shape index (κ3) is 4.77. The zero-order valence-electron chi connectivity index (χ0n) is 21.8. The van der Waals surface area contributed by atoms with Crippen molar-refractivity contribution in [1.29, 1.82) is 0 Å². The lowest BCUT2D eigenvalue weighted by Crippen LogP contribution is -2.49. The number of nitrogens with one attached hydrogen (secondary N) is 1. The van der Waals surface area contributed by atoms with Crippen molar-refractivity contribution < 1.29 is 9.47 Å².